The standard InChI is InChI=1S/C24H21BrN4O4S/c1-2-32-21-13-9-19(10-14-21)28-23(15-33-22-11-5-18(25)6-12-22)26-27-24(28)34-16-17-3-7-20(8-4-17)29(30)31/h3-14H,2,15-16H2,1H3. The third kappa shape index (κ3) is 5.95. The van der Waals surface area contributed by atoms with Gasteiger partial charge in [0.25, 0.3) is 5.69 Å². The number of hydrogen-bond acceptors (Lipinski definition) is 7. The number of benzene rings is 3. The molecule has 8 nitrogen and oxygen atoms in total. The van der Waals surface area contributed by atoms with Gasteiger partial charge in [0.05, 0.1) is 11.5 Å². The lowest BCUT2D eigenvalue weighted by Gasteiger charge is -2.12. The fourth-order valence-corrected chi connectivity index (χ4v) is 4.34. The highest BCUT2D eigenvalue weighted by atomic mass is 79.9. The van der Waals surface area contributed by atoms with Crippen molar-refractivity contribution in [1.29, 1.82) is 0 Å². The van der Waals surface area contributed by atoms with Crippen LogP contribution < -0.4 is 9.47 Å². The lowest BCUT2D eigenvalue weighted by molar-refractivity contribution is -0.384. The third-order valence-corrected chi connectivity index (χ3v) is 6.33. The van der Waals surface area contributed by atoms with Gasteiger partial charge < -0.3 is 9.47 Å². The minimum Gasteiger partial charge on any atom is -0.494 e. The maximum absolute atomic E-state index is 10.9. The van der Waals surface area contributed by atoms with Crippen molar-refractivity contribution in [2.24, 2.45) is 0 Å². The van der Waals surface area contributed by atoms with Crippen LogP contribution in [0.1, 0.15) is 18.3 Å². The molecule has 174 valence electrons. The highest BCUT2D eigenvalue weighted by molar-refractivity contribution is 9.10. The van der Waals surface area contributed by atoms with Gasteiger partial charge in [0, 0.05) is 28.0 Å². The van der Waals surface area contributed by atoms with E-state index in [0.29, 0.717) is 23.3 Å². The van der Waals surface area contributed by atoms with E-state index in [1.807, 2.05) is 60.0 Å². The van der Waals surface area contributed by atoms with Crippen molar-refractivity contribution < 1.29 is 14.4 Å². The molecule has 0 fully saturated rings. The number of aromatic nitrogens is 3. The van der Waals surface area contributed by atoms with Crippen LogP contribution in [-0.2, 0) is 12.4 Å². The molecule has 1 heterocycles. The number of non-ortho nitro benzene ring substituents is 1. The largest absolute Gasteiger partial charge is 0.494 e. The Labute approximate surface area is 209 Å². The Morgan fingerprint density at radius 1 is 0.941 bits per heavy atom. The molecule has 3 aromatic carbocycles. The van der Waals surface area contributed by atoms with E-state index < -0.39 is 4.92 Å². The molecule has 4 rings (SSSR count). The molecule has 0 aliphatic rings. The molecule has 0 spiro atoms. The average molecular weight is 541 g/mol. The second kappa shape index (κ2) is 11.2. The van der Waals surface area contributed by atoms with Gasteiger partial charge >= 0.3 is 0 Å². The van der Waals surface area contributed by atoms with E-state index in [9.17, 15) is 10.1 Å². The van der Waals surface area contributed by atoms with Crippen molar-refractivity contribution in [2.75, 3.05) is 6.61 Å². The first-order valence-electron chi connectivity index (χ1n) is 10.5. The zero-order chi connectivity index (χ0) is 23.9. The van der Waals surface area contributed by atoms with Gasteiger partial charge in [-0.2, -0.15) is 0 Å². The van der Waals surface area contributed by atoms with Crippen LogP contribution in [0.3, 0.4) is 0 Å². The zero-order valence-electron chi connectivity index (χ0n) is 18.3. The second-order valence-corrected chi connectivity index (χ2v) is 8.97. The average Bonchev–Trinajstić information content (AvgIpc) is 3.26. The summed E-state index contributed by atoms with van der Waals surface area (Å²) in [4.78, 5) is 10.5. The van der Waals surface area contributed by atoms with Crippen molar-refractivity contribution in [1.82, 2.24) is 14.8 Å². The molecule has 0 aliphatic carbocycles. The first-order valence-corrected chi connectivity index (χ1v) is 12.2. The number of rotatable bonds is 10. The van der Waals surface area contributed by atoms with E-state index in [0.717, 1.165) is 27.2 Å². The monoisotopic (exact) mass is 540 g/mol. The highest BCUT2D eigenvalue weighted by Crippen LogP contribution is 2.28. The fraction of sp³-hybridized carbons (Fsp3) is 0.167. The number of nitro benzene ring substituents is 1. The van der Waals surface area contributed by atoms with Crippen LogP contribution in [0.2, 0.25) is 0 Å². The quantitative estimate of drug-likeness (QED) is 0.134. The number of thioether (sulfide) groups is 1. The minimum absolute atomic E-state index is 0.0682. The van der Waals surface area contributed by atoms with E-state index in [1.165, 1.54) is 23.9 Å². The minimum atomic E-state index is -0.406. The number of nitrogens with zero attached hydrogens (tertiary/aromatic N) is 4. The van der Waals surface area contributed by atoms with Crippen LogP contribution in [0.15, 0.2) is 82.4 Å². The van der Waals surface area contributed by atoms with Crippen LogP contribution in [0.25, 0.3) is 5.69 Å². The first kappa shape index (κ1) is 23.8. The van der Waals surface area contributed by atoms with Crippen molar-refractivity contribution in [3.8, 4) is 17.2 Å². The molecule has 0 bridgehead atoms. The fourth-order valence-electron chi connectivity index (χ4n) is 3.15. The van der Waals surface area contributed by atoms with Gasteiger partial charge in [0.2, 0.25) is 0 Å². The molecule has 10 heteroatoms. The van der Waals surface area contributed by atoms with E-state index >= 15 is 0 Å². The Morgan fingerprint density at radius 2 is 1.59 bits per heavy atom. The van der Waals surface area contributed by atoms with Crippen LogP contribution >= 0.6 is 27.7 Å². The van der Waals surface area contributed by atoms with Crippen LogP contribution in [0.4, 0.5) is 5.69 Å². The normalized spacial score (nSPS) is 10.8. The molecular weight excluding hydrogens is 520 g/mol. The van der Waals surface area contributed by atoms with Gasteiger partial charge in [0.1, 0.15) is 18.1 Å². The van der Waals surface area contributed by atoms with Gasteiger partial charge in [-0.25, -0.2) is 0 Å². The summed E-state index contributed by atoms with van der Waals surface area (Å²) in [6.07, 6.45) is 0. The molecule has 0 saturated heterocycles. The van der Waals surface area contributed by atoms with Gasteiger partial charge in [-0.15, -0.1) is 10.2 Å². The molecule has 0 radical (unpaired) electrons. The maximum Gasteiger partial charge on any atom is 0.269 e. The molecule has 0 N–H and O–H groups in total. The summed E-state index contributed by atoms with van der Waals surface area (Å²) in [6, 6.07) is 21.8. The molecule has 4 aromatic rings. The lowest BCUT2D eigenvalue weighted by atomic mass is 10.2. The Kier molecular flexibility index (Phi) is 7.81. The smallest absolute Gasteiger partial charge is 0.269 e. The van der Waals surface area contributed by atoms with Crippen LogP contribution in [0, 0.1) is 10.1 Å². The highest BCUT2D eigenvalue weighted by Gasteiger charge is 2.16. The molecule has 0 atom stereocenters. The summed E-state index contributed by atoms with van der Waals surface area (Å²) < 4.78 is 14.4. The van der Waals surface area contributed by atoms with Crippen LogP contribution in [0.5, 0.6) is 11.5 Å². The van der Waals surface area contributed by atoms with E-state index in [-0.39, 0.29) is 12.3 Å². The molecule has 0 saturated carbocycles. The van der Waals surface area contributed by atoms with Crippen molar-refractivity contribution in [2.45, 2.75) is 24.4 Å². The molecule has 34 heavy (non-hydrogen) atoms. The topological polar surface area (TPSA) is 92.3 Å². The summed E-state index contributed by atoms with van der Waals surface area (Å²) >= 11 is 4.92. The Morgan fingerprint density at radius 3 is 2.24 bits per heavy atom. The van der Waals surface area contributed by atoms with Crippen molar-refractivity contribution in [3.05, 3.63) is 98.8 Å². The zero-order valence-corrected chi connectivity index (χ0v) is 20.7. The summed E-state index contributed by atoms with van der Waals surface area (Å²) in [5.74, 6) is 2.75. The summed E-state index contributed by atoms with van der Waals surface area (Å²) in [7, 11) is 0. The predicted octanol–water partition coefficient (Wildman–Crippen LogP) is 6.21. The number of halogens is 1. The number of ether oxygens (including phenoxy) is 2. The first-order chi connectivity index (χ1) is 16.5. The van der Waals surface area contributed by atoms with Crippen LogP contribution in [-0.4, -0.2) is 26.3 Å². The molecule has 1 aromatic heterocycles. The summed E-state index contributed by atoms with van der Waals surface area (Å²) in [5.41, 5.74) is 1.90. The molecule has 0 amide bonds. The number of nitro groups is 1. The lowest BCUT2D eigenvalue weighted by Crippen LogP contribution is -2.07. The van der Waals surface area contributed by atoms with E-state index in [1.54, 1.807) is 12.1 Å². The molecular formula is C24H21BrN4O4S. The summed E-state index contributed by atoms with van der Waals surface area (Å²) in [5, 5.41) is 20.3. The van der Waals surface area contributed by atoms with Gasteiger partial charge in [-0.05, 0) is 61.0 Å². The van der Waals surface area contributed by atoms with E-state index in [2.05, 4.69) is 26.1 Å². The second-order valence-electron chi connectivity index (χ2n) is 7.12. The Bertz CT molecular complexity index is 1250. The van der Waals surface area contributed by atoms with Gasteiger partial charge in [0.15, 0.2) is 11.0 Å². The van der Waals surface area contributed by atoms with E-state index in [4.69, 9.17) is 9.47 Å². The SMILES string of the molecule is CCOc1ccc(-n2c(COc3ccc(Br)cc3)nnc2SCc2ccc([N+](=O)[O-])cc2)cc1. The van der Waals surface area contributed by atoms with Crippen molar-refractivity contribution in [3.63, 3.8) is 0 Å². The molecule has 0 aliphatic heterocycles. The molecule has 0 unspecified atom stereocenters. The third-order valence-electron chi connectivity index (χ3n) is 4.80. The Hall–Kier alpha value is -3.37. The van der Waals surface area contributed by atoms with Crippen molar-refractivity contribution >= 4 is 33.4 Å². The van der Waals surface area contributed by atoms with Gasteiger partial charge in [-0.1, -0.05) is 39.8 Å². The number of hydrogen-bond donors (Lipinski definition) is 0. The maximum atomic E-state index is 10.9. The Balaban J connectivity index is 1.57. The van der Waals surface area contributed by atoms with Gasteiger partial charge in [-0.3, -0.25) is 14.7 Å². The summed E-state index contributed by atoms with van der Waals surface area (Å²) in [6.45, 7) is 2.77. The predicted molar refractivity (Wildman–Crippen MR) is 134 cm³/mol.